The molecule has 1 rings (SSSR count). The van der Waals surface area contributed by atoms with Gasteiger partial charge in [-0.25, -0.2) is 0 Å². The molecule has 0 unspecified atom stereocenters. The summed E-state index contributed by atoms with van der Waals surface area (Å²) in [7, 11) is -3.67. The number of benzene rings is 1. The second kappa shape index (κ2) is 4.89. The van der Waals surface area contributed by atoms with Crippen LogP contribution < -0.4 is 0 Å². The zero-order valence-electron chi connectivity index (χ0n) is 8.88. The number of oxime groups is 1. The summed E-state index contributed by atoms with van der Waals surface area (Å²) in [4.78, 5) is 11.7. The first-order chi connectivity index (χ1) is 7.40. The number of carbonyl (C=O) groups excluding carboxylic acids is 1. The highest BCUT2D eigenvalue weighted by Gasteiger charge is 2.10. The summed E-state index contributed by atoms with van der Waals surface area (Å²) in [6.07, 6.45) is 0.858. The highest BCUT2D eigenvalue weighted by molar-refractivity contribution is 7.85. The smallest absolute Gasteiger partial charge is 0.287 e. The van der Waals surface area contributed by atoms with Crippen LogP contribution in [0.25, 0.3) is 0 Å². The lowest BCUT2D eigenvalue weighted by molar-refractivity contribution is 0.106. The molecular weight excluding hydrogens is 230 g/mol. The van der Waals surface area contributed by atoms with Crippen LogP contribution in [0.5, 0.6) is 0 Å². The average Bonchev–Trinajstić information content (AvgIpc) is 2.25. The fourth-order valence-electron chi connectivity index (χ4n) is 0.963. The largest absolute Gasteiger partial charge is 0.325 e. The molecule has 1 aromatic carbocycles. The lowest BCUT2D eigenvalue weighted by atomic mass is 10.1. The van der Waals surface area contributed by atoms with Gasteiger partial charge in [-0.2, -0.15) is 8.42 Å². The maximum Gasteiger partial charge on any atom is 0.325 e. The minimum absolute atomic E-state index is 0.0170. The monoisotopic (exact) mass is 241 g/mol. The van der Waals surface area contributed by atoms with Gasteiger partial charge >= 0.3 is 10.1 Å². The van der Waals surface area contributed by atoms with Crippen molar-refractivity contribution in [1.82, 2.24) is 0 Å². The molecule has 0 aliphatic heterocycles. The molecule has 0 aromatic heterocycles. The molecule has 0 bridgehead atoms. The molecule has 1 aromatic rings. The third kappa shape index (κ3) is 3.82. The van der Waals surface area contributed by atoms with Gasteiger partial charge in [0.05, 0.1) is 6.26 Å². The quantitative estimate of drug-likeness (QED) is 0.451. The second-order valence-corrected chi connectivity index (χ2v) is 4.71. The molecule has 5 nitrogen and oxygen atoms in total. The van der Waals surface area contributed by atoms with Crippen LogP contribution in [0.2, 0.25) is 0 Å². The Hall–Kier alpha value is -1.69. The third-order valence-electron chi connectivity index (χ3n) is 1.67. The summed E-state index contributed by atoms with van der Waals surface area (Å²) in [6.45, 7) is 1.39. The van der Waals surface area contributed by atoms with E-state index in [0.29, 0.717) is 5.56 Å². The summed E-state index contributed by atoms with van der Waals surface area (Å²) in [5, 5.41) is 3.25. The van der Waals surface area contributed by atoms with E-state index in [1.54, 1.807) is 30.3 Å². The molecule has 0 heterocycles. The summed E-state index contributed by atoms with van der Waals surface area (Å²) in [5.41, 5.74) is 0.414. The Balaban J connectivity index is 2.84. The Morgan fingerprint density at radius 1 is 1.25 bits per heavy atom. The molecule has 0 radical (unpaired) electrons. The lowest BCUT2D eigenvalue weighted by Crippen LogP contribution is -2.12. The third-order valence-corrected chi connectivity index (χ3v) is 2.02. The van der Waals surface area contributed by atoms with Gasteiger partial charge in [0, 0.05) is 5.56 Å². The zero-order chi connectivity index (χ0) is 12.2. The van der Waals surface area contributed by atoms with E-state index in [1.165, 1.54) is 6.92 Å². The number of hydrogen-bond acceptors (Lipinski definition) is 5. The van der Waals surface area contributed by atoms with Gasteiger partial charge in [0.2, 0.25) is 5.78 Å². The normalized spacial score (nSPS) is 12.2. The standard InChI is InChI=1S/C10H11NO4S/c1-8(11-15-16(2,13)14)10(12)9-6-4-3-5-7-9/h3-7H,1-2H3. The predicted octanol–water partition coefficient (Wildman–Crippen LogP) is 1.22. The Morgan fingerprint density at radius 3 is 2.31 bits per heavy atom. The highest BCUT2D eigenvalue weighted by atomic mass is 32.2. The van der Waals surface area contributed by atoms with Crippen molar-refractivity contribution in [2.45, 2.75) is 6.92 Å². The maximum atomic E-state index is 11.7. The van der Waals surface area contributed by atoms with E-state index in [-0.39, 0.29) is 11.5 Å². The van der Waals surface area contributed by atoms with E-state index in [0.717, 1.165) is 6.26 Å². The zero-order valence-corrected chi connectivity index (χ0v) is 9.69. The molecule has 0 atom stereocenters. The number of ketones is 1. The molecule has 86 valence electrons. The number of nitrogens with zero attached hydrogens (tertiary/aromatic N) is 1. The minimum Gasteiger partial charge on any atom is -0.287 e. The number of Topliss-reactive ketones (excluding diaryl/α,β-unsaturated/α-hetero) is 1. The minimum atomic E-state index is -3.67. The number of rotatable bonds is 4. The molecule has 0 aliphatic carbocycles. The van der Waals surface area contributed by atoms with Crippen LogP contribution in [0.15, 0.2) is 35.5 Å². The van der Waals surface area contributed by atoms with Crippen molar-refractivity contribution in [2.75, 3.05) is 6.26 Å². The van der Waals surface area contributed by atoms with Crippen molar-refractivity contribution < 1.29 is 17.5 Å². The van der Waals surface area contributed by atoms with Gasteiger partial charge < -0.3 is 0 Å². The van der Waals surface area contributed by atoms with Gasteiger partial charge in [-0.1, -0.05) is 35.5 Å². The summed E-state index contributed by atoms with van der Waals surface area (Å²) in [5.74, 6) is -0.371. The first-order valence-electron chi connectivity index (χ1n) is 4.43. The van der Waals surface area contributed by atoms with E-state index in [4.69, 9.17) is 0 Å². The van der Waals surface area contributed by atoms with Crippen LogP contribution in [0.4, 0.5) is 0 Å². The Labute approximate surface area is 93.9 Å². The Morgan fingerprint density at radius 2 is 1.81 bits per heavy atom. The van der Waals surface area contributed by atoms with Gasteiger partial charge in [0.15, 0.2) is 0 Å². The maximum absolute atomic E-state index is 11.7. The Kier molecular flexibility index (Phi) is 3.78. The first kappa shape index (κ1) is 12.4. The van der Waals surface area contributed by atoms with Crippen molar-refractivity contribution in [3.8, 4) is 0 Å². The molecule has 6 heteroatoms. The van der Waals surface area contributed by atoms with Crippen molar-refractivity contribution in [3.05, 3.63) is 35.9 Å². The molecule has 0 N–H and O–H groups in total. The number of hydrogen-bond donors (Lipinski definition) is 0. The van der Waals surface area contributed by atoms with Crippen molar-refractivity contribution in [3.63, 3.8) is 0 Å². The second-order valence-electron chi connectivity index (χ2n) is 3.15. The SMILES string of the molecule is CC(=NOS(C)(=O)=O)C(=O)c1ccccc1. The average molecular weight is 241 g/mol. The summed E-state index contributed by atoms with van der Waals surface area (Å²) in [6, 6.07) is 8.41. The van der Waals surface area contributed by atoms with Crippen LogP contribution in [0.1, 0.15) is 17.3 Å². The van der Waals surface area contributed by atoms with Crippen molar-refractivity contribution in [2.24, 2.45) is 5.16 Å². The van der Waals surface area contributed by atoms with Crippen LogP contribution in [-0.4, -0.2) is 26.2 Å². The fraction of sp³-hybridized carbons (Fsp3) is 0.200. The summed E-state index contributed by atoms with van der Waals surface area (Å²) >= 11 is 0. The molecule has 0 saturated heterocycles. The van der Waals surface area contributed by atoms with Gasteiger partial charge in [-0.15, -0.1) is 0 Å². The molecular formula is C10H11NO4S. The molecule has 0 aliphatic rings. The first-order valence-corrected chi connectivity index (χ1v) is 6.25. The van der Waals surface area contributed by atoms with Crippen molar-refractivity contribution in [1.29, 1.82) is 0 Å². The van der Waals surface area contributed by atoms with Crippen LogP contribution >= 0.6 is 0 Å². The topological polar surface area (TPSA) is 72.8 Å². The van der Waals surface area contributed by atoms with Gasteiger partial charge in [-0.05, 0) is 6.92 Å². The van der Waals surface area contributed by atoms with E-state index < -0.39 is 10.1 Å². The molecule has 0 fully saturated rings. The van der Waals surface area contributed by atoms with Gasteiger partial charge in [-0.3, -0.25) is 9.08 Å². The molecule has 16 heavy (non-hydrogen) atoms. The highest BCUT2D eigenvalue weighted by Crippen LogP contribution is 2.02. The fourth-order valence-corrected chi connectivity index (χ4v) is 1.21. The molecule has 0 saturated carbocycles. The van der Waals surface area contributed by atoms with E-state index in [9.17, 15) is 13.2 Å². The number of carbonyl (C=O) groups is 1. The van der Waals surface area contributed by atoms with E-state index >= 15 is 0 Å². The molecule has 0 spiro atoms. The Bertz CT molecular complexity index is 505. The molecule has 0 amide bonds. The van der Waals surface area contributed by atoms with E-state index in [2.05, 4.69) is 9.44 Å². The van der Waals surface area contributed by atoms with E-state index in [1.807, 2.05) is 0 Å². The van der Waals surface area contributed by atoms with Crippen LogP contribution in [-0.2, 0) is 14.4 Å². The predicted molar refractivity (Wildman–Crippen MR) is 59.8 cm³/mol. The lowest BCUT2D eigenvalue weighted by Gasteiger charge is -1.99. The van der Waals surface area contributed by atoms with Gasteiger partial charge in [0.1, 0.15) is 5.71 Å². The van der Waals surface area contributed by atoms with Gasteiger partial charge in [0.25, 0.3) is 0 Å². The van der Waals surface area contributed by atoms with Crippen molar-refractivity contribution >= 4 is 21.6 Å². The van der Waals surface area contributed by atoms with Crippen LogP contribution in [0.3, 0.4) is 0 Å². The summed E-state index contributed by atoms with van der Waals surface area (Å²) < 4.78 is 25.5. The van der Waals surface area contributed by atoms with Crippen LogP contribution in [0, 0.1) is 0 Å².